The maximum atomic E-state index is 5.81. The van der Waals surface area contributed by atoms with Gasteiger partial charge in [-0.25, -0.2) is 10.8 Å². The average Bonchev–Trinajstić information content (AvgIpc) is 2.72. The van der Waals surface area contributed by atoms with Crippen LogP contribution in [-0.4, -0.2) is 38.2 Å². The van der Waals surface area contributed by atoms with Crippen molar-refractivity contribution in [3.8, 4) is 11.5 Å². The van der Waals surface area contributed by atoms with Crippen molar-refractivity contribution in [1.29, 1.82) is 0 Å². The Morgan fingerprint density at radius 1 is 0.667 bits per heavy atom. The summed E-state index contributed by atoms with van der Waals surface area (Å²) in [7, 11) is 0. The van der Waals surface area contributed by atoms with Crippen LogP contribution in [0.5, 0.6) is 11.5 Å². The predicted octanol–water partition coefficient (Wildman–Crippen LogP) is -5.21. The minimum absolute atomic E-state index is 0. The molecule has 0 amide bonds. The average molecular weight is 455 g/mol. The van der Waals surface area contributed by atoms with Gasteiger partial charge in [0.25, 0.3) is 0 Å². The zero-order chi connectivity index (χ0) is 20.2. The molecule has 0 atom stereocenters. The molecule has 0 unspecified atom stereocenters. The first-order chi connectivity index (χ1) is 13.6. The van der Waals surface area contributed by atoms with Crippen LogP contribution in [0, 0.1) is 0 Å². The molecule has 0 aliphatic carbocycles. The fourth-order valence-electron chi connectivity index (χ4n) is 2.33. The molecule has 0 radical (unpaired) electrons. The van der Waals surface area contributed by atoms with Gasteiger partial charge in [0.2, 0.25) is 0 Å². The van der Waals surface area contributed by atoms with E-state index in [1.807, 2.05) is 74.5 Å². The number of halogens is 2. The minimum atomic E-state index is 0. The summed E-state index contributed by atoms with van der Waals surface area (Å²) < 4.78 is 21.9. The Balaban J connectivity index is 0.00000420. The molecule has 4 N–H and O–H groups in total. The smallest absolute Gasteiger partial charge is 0.366 e. The molecule has 0 heterocycles. The lowest BCUT2D eigenvalue weighted by molar-refractivity contribution is -0.138. The number of hydrogen-bond donors (Lipinski definition) is 2. The third kappa shape index (κ3) is 9.20. The lowest BCUT2D eigenvalue weighted by Crippen LogP contribution is -3.00. The normalized spacial score (nSPS) is 9.80. The molecule has 0 aromatic heterocycles. The first-order valence-electron chi connectivity index (χ1n) is 9.26. The van der Waals surface area contributed by atoms with E-state index >= 15 is 0 Å². The predicted molar refractivity (Wildman–Crippen MR) is 108 cm³/mol. The highest BCUT2D eigenvalue weighted by Crippen LogP contribution is 2.13. The summed E-state index contributed by atoms with van der Waals surface area (Å²) in [6.07, 6.45) is 3.81. The lowest BCUT2D eigenvalue weighted by Gasteiger charge is -2.05. The van der Waals surface area contributed by atoms with E-state index in [0.717, 1.165) is 22.6 Å². The largest absolute Gasteiger partial charge is 1.00 e. The van der Waals surface area contributed by atoms with Crippen molar-refractivity contribution in [2.45, 2.75) is 13.8 Å². The van der Waals surface area contributed by atoms with Crippen LogP contribution < -0.4 is 45.1 Å². The van der Waals surface area contributed by atoms with E-state index in [-0.39, 0.29) is 24.8 Å². The van der Waals surface area contributed by atoms with Crippen molar-refractivity contribution in [1.82, 2.24) is 0 Å². The molecule has 2 aromatic carbocycles. The quantitative estimate of drug-likeness (QED) is 0.213. The van der Waals surface area contributed by atoms with Crippen LogP contribution in [0.3, 0.4) is 0 Å². The maximum Gasteiger partial charge on any atom is 0.366 e. The van der Waals surface area contributed by atoms with Gasteiger partial charge in [0, 0.05) is 0 Å². The van der Waals surface area contributed by atoms with Gasteiger partial charge < -0.3 is 43.8 Å². The maximum absolute atomic E-state index is 5.81. The molecule has 0 saturated heterocycles. The number of hydrogen-bond acceptors (Lipinski definition) is 4. The second kappa shape index (κ2) is 15.2. The number of rotatable bonds is 10. The van der Waals surface area contributed by atoms with Crippen LogP contribution in [0.15, 0.2) is 60.7 Å². The van der Waals surface area contributed by atoms with E-state index in [9.17, 15) is 0 Å². The summed E-state index contributed by atoms with van der Waals surface area (Å²) in [6.45, 7) is 5.78. The summed E-state index contributed by atoms with van der Waals surface area (Å²) in [4.78, 5) is 0. The SMILES string of the molecule is CCOC(=[NH2+])c1ccc(OC/C=C/COc2ccc(C(=[NH2+])OCC)cc2)cc1.[Cl-].[Cl-]. The minimum Gasteiger partial charge on any atom is -1.00 e. The first kappa shape index (κ1) is 27.3. The summed E-state index contributed by atoms with van der Waals surface area (Å²) in [6, 6.07) is 14.9. The van der Waals surface area contributed by atoms with E-state index < -0.39 is 0 Å². The number of nitrogens with two attached hydrogens (primary N) is 2. The Morgan fingerprint density at radius 3 is 1.30 bits per heavy atom. The Morgan fingerprint density at radius 2 is 1.00 bits per heavy atom. The highest BCUT2D eigenvalue weighted by atomic mass is 35.5. The van der Waals surface area contributed by atoms with Gasteiger partial charge in [0.15, 0.2) is 0 Å². The number of benzene rings is 2. The highest BCUT2D eigenvalue weighted by Gasteiger charge is 2.08. The zero-order valence-electron chi connectivity index (χ0n) is 17.1. The zero-order valence-corrected chi connectivity index (χ0v) is 18.7. The fraction of sp³-hybridized carbons (Fsp3) is 0.273. The third-order valence-electron chi connectivity index (χ3n) is 3.74. The van der Waals surface area contributed by atoms with Crippen molar-refractivity contribution in [2.75, 3.05) is 26.4 Å². The summed E-state index contributed by atoms with van der Waals surface area (Å²) in [5, 5.41) is 11.6. The van der Waals surface area contributed by atoms with Crippen LogP contribution in [0.25, 0.3) is 0 Å². The molecule has 8 heteroatoms. The van der Waals surface area contributed by atoms with Crippen LogP contribution >= 0.6 is 0 Å². The van der Waals surface area contributed by atoms with Gasteiger partial charge in [-0.2, -0.15) is 0 Å². The standard InChI is InChI=1S/C22H26N2O4.2ClH/c1-3-25-21(23)17-7-11-19(12-8-17)27-15-5-6-16-28-20-13-9-18(10-14-20)22(24)26-4-2;;/h5-14,23-24H,3-4,15-16H2,1-2H3;2*1H/b6-5+,23-21?,24-22?;;. The lowest BCUT2D eigenvalue weighted by atomic mass is 10.2. The molecular weight excluding hydrogens is 427 g/mol. The highest BCUT2D eigenvalue weighted by molar-refractivity contribution is 5.89. The molecule has 0 bridgehead atoms. The summed E-state index contributed by atoms with van der Waals surface area (Å²) in [5.41, 5.74) is 1.68. The van der Waals surface area contributed by atoms with Crippen LogP contribution in [0.4, 0.5) is 0 Å². The van der Waals surface area contributed by atoms with Crippen molar-refractivity contribution in [2.24, 2.45) is 0 Å². The molecule has 164 valence electrons. The van der Waals surface area contributed by atoms with E-state index in [4.69, 9.17) is 29.8 Å². The molecule has 0 aliphatic rings. The molecule has 0 aliphatic heterocycles. The van der Waals surface area contributed by atoms with Gasteiger partial charge >= 0.3 is 11.8 Å². The molecular formula is C22H28Cl2N2O4. The second-order valence-electron chi connectivity index (χ2n) is 5.74. The first-order valence-corrected chi connectivity index (χ1v) is 9.26. The summed E-state index contributed by atoms with van der Waals surface area (Å²) >= 11 is 0. The summed E-state index contributed by atoms with van der Waals surface area (Å²) in [5.74, 6) is 2.35. The Hall–Kier alpha value is -2.70. The van der Waals surface area contributed by atoms with Crippen LogP contribution in [-0.2, 0) is 9.47 Å². The molecule has 6 nitrogen and oxygen atoms in total. The molecule has 2 rings (SSSR count). The Labute approximate surface area is 190 Å². The van der Waals surface area contributed by atoms with Crippen molar-refractivity contribution >= 4 is 11.8 Å². The molecule has 30 heavy (non-hydrogen) atoms. The van der Waals surface area contributed by atoms with E-state index in [1.165, 1.54) is 0 Å². The van der Waals surface area contributed by atoms with Crippen molar-refractivity contribution < 1.29 is 54.6 Å². The molecule has 0 fully saturated rings. The molecule has 0 spiro atoms. The van der Waals surface area contributed by atoms with E-state index in [0.29, 0.717) is 38.2 Å². The number of ether oxygens (including phenoxy) is 4. The molecule has 0 saturated carbocycles. The van der Waals surface area contributed by atoms with Crippen molar-refractivity contribution in [3.63, 3.8) is 0 Å². The van der Waals surface area contributed by atoms with Crippen LogP contribution in [0.1, 0.15) is 25.0 Å². The van der Waals surface area contributed by atoms with Crippen LogP contribution in [0.2, 0.25) is 0 Å². The molecule has 2 aromatic rings. The van der Waals surface area contributed by atoms with Gasteiger partial charge in [-0.15, -0.1) is 0 Å². The van der Waals surface area contributed by atoms with Gasteiger partial charge in [0.05, 0.1) is 24.3 Å². The van der Waals surface area contributed by atoms with Crippen molar-refractivity contribution in [3.05, 3.63) is 71.8 Å². The Bertz CT molecular complexity index is 726. The third-order valence-corrected chi connectivity index (χ3v) is 3.74. The fourth-order valence-corrected chi connectivity index (χ4v) is 2.33. The van der Waals surface area contributed by atoms with Gasteiger partial charge in [0.1, 0.15) is 24.7 Å². The van der Waals surface area contributed by atoms with Gasteiger partial charge in [-0.3, -0.25) is 0 Å². The van der Waals surface area contributed by atoms with E-state index in [1.54, 1.807) is 0 Å². The van der Waals surface area contributed by atoms with Gasteiger partial charge in [-0.05, 0) is 74.5 Å². The Kier molecular flexibility index (Phi) is 13.8. The second-order valence-corrected chi connectivity index (χ2v) is 5.74. The van der Waals surface area contributed by atoms with E-state index in [2.05, 4.69) is 0 Å². The monoisotopic (exact) mass is 454 g/mol. The van der Waals surface area contributed by atoms with Gasteiger partial charge in [-0.1, -0.05) is 0 Å². The topological polar surface area (TPSA) is 88.1 Å².